The quantitative estimate of drug-likeness (QED) is 0.564. The highest BCUT2D eigenvalue weighted by atomic mass is 16.2. The van der Waals surface area contributed by atoms with Gasteiger partial charge in [-0.25, -0.2) is 4.79 Å². The summed E-state index contributed by atoms with van der Waals surface area (Å²) in [4.78, 5) is 50.8. The van der Waals surface area contributed by atoms with Gasteiger partial charge in [-0.15, -0.1) is 0 Å². The second-order valence-corrected chi connectivity index (χ2v) is 7.03. The van der Waals surface area contributed by atoms with E-state index in [1.54, 1.807) is 5.01 Å². The summed E-state index contributed by atoms with van der Waals surface area (Å²) in [5.41, 5.74) is 3.37. The van der Waals surface area contributed by atoms with Crippen molar-refractivity contribution in [3.8, 4) is 0 Å². The molecule has 1 saturated carbocycles. The Kier molecular flexibility index (Phi) is 4.53. The molecule has 1 N–H and O–H groups in total. The number of nitrogens with zero attached hydrogens (tertiary/aromatic N) is 3. The van der Waals surface area contributed by atoms with Crippen LogP contribution in [-0.2, 0) is 14.4 Å². The van der Waals surface area contributed by atoms with Crippen molar-refractivity contribution in [1.82, 2.24) is 20.2 Å². The van der Waals surface area contributed by atoms with Crippen LogP contribution >= 0.6 is 0 Å². The molecule has 0 aromatic carbocycles. The van der Waals surface area contributed by atoms with Gasteiger partial charge >= 0.3 is 6.03 Å². The maximum Gasteiger partial charge on any atom is 0.333 e. The average Bonchev–Trinajstić information content (AvgIpc) is 3.04. The standard InChI is InChI=1S/C17H24N4O4/c1-10(22)21-13(11-7-5-4-6-8-11)9-12(18-21)14-15(23)19(2)17(25)20(3)16(14)24/h11,13,18H,4-9H2,1-3H3. The second-order valence-electron chi connectivity index (χ2n) is 7.03. The van der Waals surface area contributed by atoms with Gasteiger partial charge < -0.3 is 0 Å². The Balaban J connectivity index is 1.95. The van der Waals surface area contributed by atoms with E-state index >= 15 is 0 Å². The predicted molar refractivity (Wildman–Crippen MR) is 88.6 cm³/mol. The first-order chi connectivity index (χ1) is 11.8. The van der Waals surface area contributed by atoms with Crippen LogP contribution in [0, 0.1) is 5.92 Å². The molecule has 0 bridgehead atoms. The molecule has 0 radical (unpaired) electrons. The Labute approximate surface area is 146 Å². The second kappa shape index (κ2) is 6.50. The summed E-state index contributed by atoms with van der Waals surface area (Å²) in [6.07, 6.45) is 6.00. The van der Waals surface area contributed by atoms with Crippen LogP contribution in [0.25, 0.3) is 0 Å². The molecule has 3 rings (SSSR count). The van der Waals surface area contributed by atoms with Crippen molar-refractivity contribution in [2.45, 2.75) is 51.5 Å². The molecular weight excluding hydrogens is 324 g/mol. The summed E-state index contributed by atoms with van der Waals surface area (Å²) in [7, 11) is 2.70. The Hall–Kier alpha value is -2.38. The normalized spacial score (nSPS) is 25.8. The predicted octanol–water partition coefficient (Wildman–Crippen LogP) is 0.997. The number of hydrogen-bond acceptors (Lipinski definition) is 5. The Morgan fingerprint density at radius 1 is 1.00 bits per heavy atom. The first-order valence-electron chi connectivity index (χ1n) is 8.72. The molecule has 1 aliphatic carbocycles. The minimum absolute atomic E-state index is 0.0471. The number of barbiturate groups is 1. The number of hydrazine groups is 1. The lowest BCUT2D eigenvalue weighted by molar-refractivity contribution is -0.136. The van der Waals surface area contributed by atoms with Gasteiger partial charge in [-0.3, -0.25) is 34.6 Å². The van der Waals surface area contributed by atoms with Crippen LogP contribution in [0.15, 0.2) is 11.3 Å². The monoisotopic (exact) mass is 348 g/mol. The number of imide groups is 2. The average molecular weight is 348 g/mol. The van der Waals surface area contributed by atoms with E-state index in [9.17, 15) is 19.2 Å². The van der Waals surface area contributed by atoms with Crippen molar-refractivity contribution < 1.29 is 19.2 Å². The van der Waals surface area contributed by atoms with Gasteiger partial charge in [-0.2, -0.15) is 0 Å². The highest BCUT2D eigenvalue weighted by molar-refractivity contribution is 6.28. The lowest BCUT2D eigenvalue weighted by Crippen LogP contribution is -2.54. The molecule has 1 atom stereocenters. The van der Waals surface area contributed by atoms with Gasteiger partial charge in [-0.05, 0) is 18.8 Å². The Morgan fingerprint density at radius 3 is 2.08 bits per heavy atom. The number of nitrogens with one attached hydrogen (secondary N) is 1. The molecule has 3 fully saturated rings. The third kappa shape index (κ3) is 2.89. The summed E-state index contributed by atoms with van der Waals surface area (Å²) in [6, 6.07) is -0.709. The molecule has 2 heterocycles. The van der Waals surface area contributed by atoms with Gasteiger partial charge in [0, 0.05) is 27.4 Å². The molecule has 2 aliphatic heterocycles. The number of urea groups is 1. The molecule has 136 valence electrons. The summed E-state index contributed by atoms with van der Waals surface area (Å²) < 4.78 is 0. The van der Waals surface area contributed by atoms with Crippen LogP contribution in [0.2, 0.25) is 0 Å². The first-order valence-corrected chi connectivity index (χ1v) is 8.72. The van der Waals surface area contributed by atoms with Crippen LogP contribution in [-0.4, -0.2) is 58.7 Å². The van der Waals surface area contributed by atoms with E-state index in [0.29, 0.717) is 18.0 Å². The topological polar surface area (TPSA) is 90.0 Å². The summed E-state index contributed by atoms with van der Waals surface area (Å²) >= 11 is 0. The molecule has 25 heavy (non-hydrogen) atoms. The van der Waals surface area contributed by atoms with E-state index in [4.69, 9.17) is 0 Å². The van der Waals surface area contributed by atoms with Crippen molar-refractivity contribution in [2.24, 2.45) is 5.92 Å². The summed E-state index contributed by atoms with van der Waals surface area (Å²) in [5, 5.41) is 1.55. The number of hydrogen-bond donors (Lipinski definition) is 1. The highest BCUT2D eigenvalue weighted by Gasteiger charge is 2.44. The molecule has 2 saturated heterocycles. The fraction of sp³-hybridized carbons (Fsp3) is 0.647. The van der Waals surface area contributed by atoms with E-state index < -0.39 is 17.8 Å². The van der Waals surface area contributed by atoms with Crippen LogP contribution in [0.4, 0.5) is 4.79 Å². The van der Waals surface area contributed by atoms with Crippen molar-refractivity contribution in [3.05, 3.63) is 11.3 Å². The zero-order valence-electron chi connectivity index (χ0n) is 14.9. The van der Waals surface area contributed by atoms with Gasteiger partial charge in [0.05, 0.1) is 11.7 Å². The molecule has 0 aromatic rings. The van der Waals surface area contributed by atoms with E-state index in [-0.39, 0.29) is 17.5 Å². The Morgan fingerprint density at radius 2 is 1.56 bits per heavy atom. The maximum atomic E-state index is 12.5. The van der Waals surface area contributed by atoms with E-state index in [1.165, 1.54) is 27.4 Å². The molecular formula is C17H24N4O4. The largest absolute Gasteiger partial charge is 0.333 e. The van der Waals surface area contributed by atoms with Crippen LogP contribution in [0.5, 0.6) is 0 Å². The summed E-state index contributed by atoms with van der Waals surface area (Å²) in [5.74, 6) is -1.03. The van der Waals surface area contributed by atoms with Gasteiger partial charge in [0.2, 0.25) is 5.91 Å². The van der Waals surface area contributed by atoms with Crippen molar-refractivity contribution in [2.75, 3.05) is 14.1 Å². The fourth-order valence-corrected chi connectivity index (χ4v) is 4.02. The van der Waals surface area contributed by atoms with E-state index in [0.717, 1.165) is 35.5 Å². The highest BCUT2D eigenvalue weighted by Crippen LogP contribution is 2.36. The first kappa shape index (κ1) is 17.4. The summed E-state index contributed by atoms with van der Waals surface area (Å²) in [6.45, 7) is 1.47. The smallest absolute Gasteiger partial charge is 0.299 e. The SMILES string of the molecule is CC(=O)N1NC(=C2C(=O)N(C)C(=O)N(C)C2=O)CC1C1CCCCC1. The Bertz CT molecular complexity index is 640. The van der Waals surface area contributed by atoms with Gasteiger partial charge in [0.1, 0.15) is 5.57 Å². The third-order valence-corrected chi connectivity index (χ3v) is 5.45. The van der Waals surface area contributed by atoms with Crippen molar-refractivity contribution in [1.29, 1.82) is 0 Å². The van der Waals surface area contributed by atoms with Crippen LogP contribution < -0.4 is 5.43 Å². The lowest BCUT2D eigenvalue weighted by Gasteiger charge is -2.32. The molecule has 5 amide bonds. The molecule has 8 nitrogen and oxygen atoms in total. The van der Waals surface area contributed by atoms with E-state index in [2.05, 4.69) is 5.43 Å². The number of rotatable bonds is 1. The van der Waals surface area contributed by atoms with Gasteiger partial charge in [-0.1, -0.05) is 19.3 Å². The van der Waals surface area contributed by atoms with Crippen LogP contribution in [0.1, 0.15) is 45.4 Å². The number of amides is 5. The molecule has 0 spiro atoms. The van der Waals surface area contributed by atoms with Gasteiger partial charge in [0.15, 0.2) is 0 Å². The molecule has 3 aliphatic rings. The van der Waals surface area contributed by atoms with Gasteiger partial charge in [0.25, 0.3) is 11.8 Å². The lowest BCUT2D eigenvalue weighted by atomic mass is 9.82. The molecule has 8 heteroatoms. The fourth-order valence-electron chi connectivity index (χ4n) is 4.02. The molecule has 0 aromatic heterocycles. The zero-order chi connectivity index (χ0) is 18.3. The minimum atomic E-state index is -0.649. The number of carbonyl (C=O) groups excluding carboxylic acids is 4. The maximum absolute atomic E-state index is 12.5. The number of likely N-dealkylation sites (N-methyl/N-ethyl adjacent to an activating group) is 2. The van der Waals surface area contributed by atoms with Crippen molar-refractivity contribution >= 4 is 23.8 Å². The third-order valence-electron chi connectivity index (χ3n) is 5.45. The minimum Gasteiger partial charge on any atom is -0.299 e. The molecule has 1 unspecified atom stereocenters. The van der Waals surface area contributed by atoms with E-state index in [1.807, 2.05) is 0 Å². The van der Waals surface area contributed by atoms with Crippen molar-refractivity contribution in [3.63, 3.8) is 0 Å². The van der Waals surface area contributed by atoms with Crippen LogP contribution in [0.3, 0.4) is 0 Å². The number of carbonyl (C=O) groups is 4. The zero-order valence-corrected chi connectivity index (χ0v) is 14.9.